The molecule has 0 amide bonds. The van der Waals surface area contributed by atoms with Crippen molar-refractivity contribution >= 4 is 5.65 Å². The normalized spacial score (nSPS) is 11.0. The summed E-state index contributed by atoms with van der Waals surface area (Å²) >= 11 is 0. The Balaban J connectivity index is 2.08. The standard InChI is InChI=1S/C13H12N4O2/c1-15-7-5-12(18)17(13(15)19)9-10-8-16-6-3-2-4-11(16)14-10/h2-8H,9H2,1H3. The minimum atomic E-state index is -0.343. The molecular formula is C13H12N4O2. The molecule has 0 aliphatic rings. The Morgan fingerprint density at radius 1 is 1.16 bits per heavy atom. The highest BCUT2D eigenvalue weighted by atomic mass is 16.2. The minimum Gasteiger partial charge on any atom is -0.307 e. The van der Waals surface area contributed by atoms with Crippen molar-refractivity contribution in [2.24, 2.45) is 7.05 Å². The summed E-state index contributed by atoms with van der Waals surface area (Å²) in [5, 5.41) is 0. The summed E-state index contributed by atoms with van der Waals surface area (Å²) in [5.41, 5.74) is 0.805. The third kappa shape index (κ3) is 1.97. The topological polar surface area (TPSA) is 61.3 Å². The van der Waals surface area contributed by atoms with Gasteiger partial charge in [-0.05, 0) is 12.1 Å². The zero-order valence-corrected chi connectivity index (χ0v) is 10.4. The van der Waals surface area contributed by atoms with Gasteiger partial charge in [0, 0.05) is 31.7 Å². The van der Waals surface area contributed by atoms with Gasteiger partial charge in [-0.15, -0.1) is 0 Å². The number of rotatable bonds is 2. The van der Waals surface area contributed by atoms with Gasteiger partial charge in [-0.1, -0.05) is 6.07 Å². The lowest BCUT2D eigenvalue weighted by atomic mass is 10.4. The molecule has 0 aromatic carbocycles. The van der Waals surface area contributed by atoms with Crippen LogP contribution in [0.1, 0.15) is 5.69 Å². The van der Waals surface area contributed by atoms with Crippen LogP contribution in [0.4, 0.5) is 0 Å². The molecule has 0 unspecified atom stereocenters. The third-order valence-electron chi connectivity index (χ3n) is 2.97. The Labute approximate surface area is 108 Å². The second kappa shape index (κ2) is 4.24. The third-order valence-corrected chi connectivity index (χ3v) is 2.97. The molecule has 6 heteroatoms. The van der Waals surface area contributed by atoms with Crippen molar-refractivity contribution in [3.8, 4) is 0 Å². The maximum absolute atomic E-state index is 11.9. The van der Waals surface area contributed by atoms with E-state index in [1.807, 2.05) is 35.0 Å². The lowest BCUT2D eigenvalue weighted by molar-refractivity contribution is 0.633. The highest BCUT2D eigenvalue weighted by Crippen LogP contribution is 2.04. The zero-order valence-electron chi connectivity index (χ0n) is 10.4. The number of imidazole rings is 1. The molecule has 96 valence electrons. The molecule has 0 atom stereocenters. The van der Waals surface area contributed by atoms with Gasteiger partial charge in [0.2, 0.25) is 0 Å². The summed E-state index contributed by atoms with van der Waals surface area (Å²) in [4.78, 5) is 28.0. The molecule has 0 radical (unpaired) electrons. The number of aryl methyl sites for hydroxylation is 1. The van der Waals surface area contributed by atoms with E-state index >= 15 is 0 Å². The van der Waals surface area contributed by atoms with Crippen LogP contribution in [-0.4, -0.2) is 18.5 Å². The maximum atomic E-state index is 11.9. The predicted molar refractivity (Wildman–Crippen MR) is 70.2 cm³/mol. The van der Waals surface area contributed by atoms with E-state index < -0.39 is 0 Å². The number of nitrogens with zero attached hydrogens (tertiary/aromatic N) is 4. The lowest BCUT2D eigenvalue weighted by Crippen LogP contribution is -2.38. The van der Waals surface area contributed by atoms with Crippen molar-refractivity contribution in [3.05, 3.63) is 69.4 Å². The van der Waals surface area contributed by atoms with Gasteiger partial charge in [0.15, 0.2) is 0 Å². The first-order valence-corrected chi connectivity index (χ1v) is 5.84. The molecule has 19 heavy (non-hydrogen) atoms. The van der Waals surface area contributed by atoms with Gasteiger partial charge in [-0.25, -0.2) is 9.78 Å². The van der Waals surface area contributed by atoms with Crippen molar-refractivity contribution in [3.63, 3.8) is 0 Å². The Morgan fingerprint density at radius 3 is 2.79 bits per heavy atom. The van der Waals surface area contributed by atoms with E-state index in [2.05, 4.69) is 4.98 Å². The monoisotopic (exact) mass is 256 g/mol. The molecule has 0 N–H and O–H groups in total. The second-order valence-corrected chi connectivity index (χ2v) is 4.33. The average molecular weight is 256 g/mol. The van der Waals surface area contributed by atoms with Crippen LogP contribution in [0, 0.1) is 0 Å². The molecule has 3 rings (SSSR count). The minimum absolute atomic E-state index is 0.175. The molecular weight excluding hydrogens is 244 g/mol. The van der Waals surface area contributed by atoms with Crippen molar-refractivity contribution in [2.75, 3.05) is 0 Å². The van der Waals surface area contributed by atoms with Crippen LogP contribution in [0.15, 0.2) is 52.4 Å². The van der Waals surface area contributed by atoms with Gasteiger partial charge in [0.05, 0.1) is 12.2 Å². The van der Waals surface area contributed by atoms with Crippen LogP contribution in [0.25, 0.3) is 5.65 Å². The fraction of sp³-hybridized carbons (Fsp3) is 0.154. The van der Waals surface area contributed by atoms with E-state index in [1.165, 1.54) is 21.4 Å². The van der Waals surface area contributed by atoms with E-state index in [-0.39, 0.29) is 17.8 Å². The van der Waals surface area contributed by atoms with Crippen molar-refractivity contribution in [1.82, 2.24) is 18.5 Å². The Kier molecular flexibility index (Phi) is 2.56. The first kappa shape index (κ1) is 11.5. The van der Waals surface area contributed by atoms with Crippen LogP contribution in [0.3, 0.4) is 0 Å². The van der Waals surface area contributed by atoms with Crippen LogP contribution in [0.2, 0.25) is 0 Å². The number of hydrogen-bond acceptors (Lipinski definition) is 3. The molecule has 0 spiro atoms. The lowest BCUT2D eigenvalue weighted by Gasteiger charge is -2.03. The van der Waals surface area contributed by atoms with E-state index in [9.17, 15) is 9.59 Å². The van der Waals surface area contributed by atoms with E-state index in [1.54, 1.807) is 7.05 Å². The summed E-state index contributed by atoms with van der Waals surface area (Å²) in [7, 11) is 1.61. The summed E-state index contributed by atoms with van der Waals surface area (Å²) in [6.45, 7) is 0.175. The second-order valence-electron chi connectivity index (χ2n) is 4.33. The van der Waals surface area contributed by atoms with Crippen LogP contribution < -0.4 is 11.2 Å². The number of aromatic nitrogens is 4. The summed E-state index contributed by atoms with van der Waals surface area (Å²) in [6, 6.07) is 7.03. The highest BCUT2D eigenvalue weighted by molar-refractivity contribution is 5.39. The molecule has 0 saturated heterocycles. The van der Waals surface area contributed by atoms with Crippen LogP contribution in [-0.2, 0) is 13.6 Å². The predicted octanol–water partition coefficient (Wildman–Crippen LogP) is 0.243. The number of hydrogen-bond donors (Lipinski definition) is 0. The fourth-order valence-corrected chi connectivity index (χ4v) is 1.98. The van der Waals surface area contributed by atoms with Gasteiger partial charge in [-0.2, -0.15) is 0 Å². The van der Waals surface area contributed by atoms with Gasteiger partial charge in [0.1, 0.15) is 5.65 Å². The fourth-order valence-electron chi connectivity index (χ4n) is 1.98. The molecule has 0 bridgehead atoms. The summed E-state index contributed by atoms with van der Waals surface area (Å²) < 4.78 is 4.40. The number of pyridine rings is 1. The van der Waals surface area contributed by atoms with E-state index in [0.717, 1.165) is 5.65 Å². The molecule has 0 aliphatic carbocycles. The summed E-state index contributed by atoms with van der Waals surface area (Å²) in [5.74, 6) is 0. The van der Waals surface area contributed by atoms with E-state index in [0.29, 0.717) is 5.69 Å². The number of fused-ring (bicyclic) bond motifs is 1. The molecule has 0 saturated carbocycles. The van der Waals surface area contributed by atoms with Crippen molar-refractivity contribution in [1.29, 1.82) is 0 Å². The maximum Gasteiger partial charge on any atom is 0.331 e. The zero-order chi connectivity index (χ0) is 13.4. The molecule has 3 aromatic rings. The van der Waals surface area contributed by atoms with Crippen LogP contribution >= 0.6 is 0 Å². The Hall–Kier alpha value is -2.63. The molecule has 3 aromatic heterocycles. The quantitative estimate of drug-likeness (QED) is 0.660. The van der Waals surface area contributed by atoms with Gasteiger partial charge < -0.3 is 8.97 Å². The van der Waals surface area contributed by atoms with Crippen molar-refractivity contribution in [2.45, 2.75) is 6.54 Å². The SMILES string of the molecule is Cn1ccc(=O)n(Cc2cn3ccccc3n2)c1=O. The van der Waals surface area contributed by atoms with Gasteiger partial charge in [0.25, 0.3) is 5.56 Å². The smallest absolute Gasteiger partial charge is 0.307 e. The summed E-state index contributed by atoms with van der Waals surface area (Å²) in [6.07, 6.45) is 5.15. The van der Waals surface area contributed by atoms with Crippen molar-refractivity contribution < 1.29 is 0 Å². The molecule has 0 aliphatic heterocycles. The molecule has 3 heterocycles. The highest BCUT2D eigenvalue weighted by Gasteiger charge is 2.07. The largest absolute Gasteiger partial charge is 0.331 e. The average Bonchev–Trinajstić information content (AvgIpc) is 2.81. The molecule has 0 fully saturated rings. The molecule has 6 nitrogen and oxygen atoms in total. The Bertz CT molecular complexity index is 824. The van der Waals surface area contributed by atoms with Gasteiger partial charge >= 0.3 is 5.69 Å². The van der Waals surface area contributed by atoms with Crippen LogP contribution in [0.5, 0.6) is 0 Å². The first-order chi connectivity index (χ1) is 9.15. The Morgan fingerprint density at radius 2 is 2.00 bits per heavy atom. The first-order valence-electron chi connectivity index (χ1n) is 5.84. The van der Waals surface area contributed by atoms with E-state index in [4.69, 9.17) is 0 Å². The van der Waals surface area contributed by atoms with Gasteiger partial charge in [-0.3, -0.25) is 9.36 Å².